The number of anilines is 1. The minimum absolute atomic E-state index is 0.135. The Morgan fingerprint density at radius 1 is 1.59 bits per heavy atom. The molecular weight excluding hydrogens is 221 g/mol. The molecule has 2 N–H and O–H groups in total. The molecule has 1 heterocycles. The number of carbonyl (C=O) groups is 1. The van der Waals surface area contributed by atoms with Gasteiger partial charge in [-0.25, -0.2) is 9.37 Å². The normalized spacial score (nSPS) is 16.4. The van der Waals surface area contributed by atoms with Crippen molar-refractivity contribution in [3.63, 3.8) is 0 Å². The predicted molar refractivity (Wildman–Crippen MR) is 63.4 cm³/mol. The molecule has 2 rings (SSSR count). The summed E-state index contributed by atoms with van der Waals surface area (Å²) in [6, 6.07) is 1.34. The van der Waals surface area contributed by atoms with Crippen LogP contribution < -0.4 is 10.6 Å². The number of nitrogens with one attached hydrogen (secondary N) is 2. The summed E-state index contributed by atoms with van der Waals surface area (Å²) in [6.07, 6.45) is 3.40. The van der Waals surface area contributed by atoms with Crippen LogP contribution >= 0.6 is 0 Å². The molecule has 1 atom stereocenters. The number of hydrogen-bond donors (Lipinski definition) is 2. The van der Waals surface area contributed by atoms with Crippen LogP contribution in [0.1, 0.15) is 30.1 Å². The molecule has 1 aliphatic carbocycles. The van der Waals surface area contributed by atoms with Crippen LogP contribution in [0.15, 0.2) is 12.3 Å². The third-order valence-electron chi connectivity index (χ3n) is 3.02. The van der Waals surface area contributed by atoms with Crippen LogP contribution in [0.3, 0.4) is 0 Å². The molecule has 1 aliphatic rings. The zero-order chi connectivity index (χ0) is 12.4. The van der Waals surface area contributed by atoms with Crippen LogP contribution in [0.5, 0.6) is 0 Å². The van der Waals surface area contributed by atoms with Gasteiger partial charge in [0.05, 0.1) is 11.8 Å². The zero-order valence-corrected chi connectivity index (χ0v) is 9.96. The lowest BCUT2D eigenvalue weighted by atomic mass is 10.2. The maximum atomic E-state index is 13.1. The maximum absolute atomic E-state index is 13.1. The lowest BCUT2D eigenvalue weighted by molar-refractivity contribution is 0.0936. The molecule has 0 aliphatic heterocycles. The van der Waals surface area contributed by atoms with Crippen LogP contribution in [0.4, 0.5) is 10.2 Å². The Kier molecular flexibility index (Phi) is 3.26. The lowest BCUT2D eigenvalue weighted by Crippen LogP contribution is -2.34. The smallest absolute Gasteiger partial charge is 0.255 e. The van der Waals surface area contributed by atoms with Gasteiger partial charge in [0.15, 0.2) is 0 Å². The van der Waals surface area contributed by atoms with Gasteiger partial charge in [0, 0.05) is 13.1 Å². The van der Waals surface area contributed by atoms with Crippen molar-refractivity contribution in [2.75, 3.05) is 12.4 Å². The van der Waals surface area contributed by atoms with Crippen LogP contribution in [0.2, 0.25) is 0 Å². The SMILES string of the molecule is CNc1ncc(F)cc1C(=O)NC(C)C1CC1. The Morgan fingerprint density at radius 2 is 2.29 bits per heavy atom. The fourth-order valence-corrected chi connectivity index (χ4v) is 1.81. The Hall–Kier alpha value is -1.65. The van der Waals surface area contributed by atoms with Gasteiger partial charge in [-0.15, -0.1) is 0 Å². The van der Waals surface area contributed by atoms with E-state index in [0.717, 1.165) is 19.0 Å². The van der Waals surface area contributed by atoms with Crippen molar-refractivity contribution < 1.29 is 9.18 Å². The van der Waals surface area contributed by atoms with E-state index >= 15 is 0 Å². The van der Waals surface area contributed by atoms with Gasteiger partial charge in [-0.3, -0.25) is 4.79 Å². The molecule has 5 heteroatoms. The second-order valence-corrected chi connectivity index (χ2v) is 4.40. The molecule has 1 saturated carbocycles. The molecular formula is C12H16FN3O. The molecule has 4 nitrogen and oxygen atoms in total. The number of rotatable bonds is 4. The first-order chi connectivity index (χ1) is 8.11. The molecule has 0 bridgehead atoms. The number of carbonyl (C=O) groups excluding carboxylic acids is 1. The Bertz CT molecular complexity index is 432. The Balaban J connectivity index is 2.14. The molecule has 1 amide bonds. The molecule has 0 radical (unpaired) electrons. The van der Waals surface area contributed by atoms with E-state index in [1.807, 2.05) is 6.92 Å². The standard InChI is InChI=1S/C12H16FN3O/c1-7(8-3-4-8)16-12(17)10-5-9(13)6-15-11(10)14-2/h5-8H,3-4H2,1-2H3,(H,14,15)(H,16,17). The van der Waals surface area contributed by atoms with Crippen LogP contribution in [0.25, 0.3) is 0 Å². The monoisotopic (exact) mass is 237 g/mol. The van der Waals surface area contributed by atoms with Crippen molar-refractivity contribution >= 4 is 11.7 Å². The number of halogens is 1. The highest BCUT2D eigenvalue weighted by Crippen LogP contribution is 2.32. The van der Waals surface area contributed by atoms with Gasteiger partial charge in [0.2, 0.25) is 0 Å². The fourth-order valence-electron chi connectivity index (χ4n) is 1.81. The number of hydrogen-bond acceptors (Lipinski definition) is 3. The highest BCUT2D eigenvalue weighted by atomic mass is 19.1. The van der Waals surface area contributed by atoms with Crippen molar-refractivity contribution in [1.82, 2.24) is 10.3 Å². The van der Waals surface area contributed by atoms with E-state index in [1.165, 1.54) is 6.07 Å². The number of nitrogens with zero attached hydrogens (tertiary/aromatic N) is 1. The van der Waals surface area contributed by atoms with E-state index in [1.54, 1.807) is 7.05 Å². The summed E-state index contributed by atoms with van der Waals surface area (Å²) in [4.78, 5) is 15.8. The van der Waals surface area contributed by atoms with Crippen molar-refractivity contribution in [2.24, 2.45) is 5.92 Å². The van der Waals surface area contributed by atoms with Crippen molar-refractivity contribution in [1.29, 1.82) is 0 Å². The topological polar surface area (TPSA) is 54.0 Å². The minimum atomic E-state index is -0.506. The van der Waals surface area contributed by atoms with Gasteiger partial charge in [0.25, 0.3) is 5.91 Å². The Morgan fingerprint density at radius 3 is 2.88 bits per heavy atom. The quantitative estimate of drug-likeness (QED) is 0.839. The summed E-state index contributed by atoms with van der Waals surface area (Å²) in [7, 11) is 1.65. The van der Waals surface area contributed by atoms with E-state index in [0.29, 0.717) is 11.7 Å². The first kappa shape index (κ1) is 11.8. The average Bonchev–Trinajstić information content (AvgIpc) is 3.12. The molecule has 1 aromatic heterocycles. The van der Waals surface area contributed by atoms with Gasteiger partial charge in [-0.1, -0.05) is 0 Å². The third kappa shape index (κ3) is 2.72. The van der Waals surface area contributed by atoms with Crippen molar-refractivity contribution in [2.45, 2.75) is 25.8 Å². The molecule has 1 fully saturated rings. The summed E-state index contributed by atoms with van der Waals surface area (Å²) < 4.78 is 13.1. The van der Waals surface area contributed by atoms with Gasteiger partial charge in [0.1, 0.15) is 11.6 Å². The van der Waals surface area contributed by atoms with Gasteiger partial charge < -0.3 is 10.6 Å². The number of pyridine rings is 1. The van der Waals surface area contributed by atoms with E-state index in [4.69, 9.17) is 0 Å². The summed E-state index contributed by atoms with van der Waals surface area (Å²) >= 11 is 0. The second kappa shape index (κ2) is 4.69. The largest absolute Gasteiger partial charge is 0.372 e. The highest BCUT2D eigenvalue weighted by Gasteiger charge is 2.29. The molecule has 17 heavy (non-hydrogen) atoms. The molecule has 92 valence electrons. The molecule has 1 aromatic rings. The van der Waals surface area contributed by atoms with Gasteiger partial charge in [-0.05, 0) is 31.7 Å². The van der Waals surface area contributed by atoms with E-state index in [2.05, 4.69) is 15.6 Å². The summed E-state index contributed by atoms with van der Waals surface area (Å²) in [5.74, 6) is 0.180. The zero-order valence-electron chi connectivity index (χ0n) is 9.96. The highest BCUT2D eigenvalue weighted by molar-refractivity contribution is 5.98. The summed E-state index contributed by atoms with van der Waals surface area (Å²) in [5.41, 5.74) is 0.250. The average molecular weight is 237 g/mol. The number of aromatic nitrogens is 1. The van der Waals surface area contributed by atoms with Crippen LogP contribution in [0, 0.1) is 11.7 Å². The lowest BCUT2D eigenvalue weighted by Gasteiger charge is -2.14. The minimum Gasteiger partial charge on any atom is -0.372 e. The van der Waals surface area contributed by atoms with Crippen molar-refractivity contribution in [3.8, 4) is 0 Å². The Labute approximate surface area is 99.6 Å². The maximum Gasteiger partial charge on any atom is 0.255 e. The molecule has 0 saturated heterocycles. The summed E-state index contributed by atoms with van der Waals surface area (Å²) in [5, 5.41) is 5.66. The van der Waals surface area contributed by atoms with Crippen molar-refractivity contribution in [3.05, 3.63) is 23.6 Å². The first-order valence-corrected chi connectivity index (χ1v) is 5.76. The third-order valence-corrected chi connectivity index (χ3v) is 3.02. The van der Waals surface area contributed by atoms with Gasteiger partial charge in [-0.2, -0.15) is 0 Å². The fraction of sp³-hybridized carbons (Fsp3) is 0.500. The molecule has 0 spiro atoms. The van der Waals surface area contributed by atoms with E-state index in [9.17, 15) is 9.18 Å². The second-order valence-electron chi connectivity index (χ2n) is 4.40. The van der Waals surface area contributed by atoms with Gasteiger partial charge >= 0.3 is 0 Å². The molecule has 0 aromatic carbocycles. The predicted octanol–water partition coefficient (Wildman–Crippen LogP) is 1.79. The van der Waals surface area contributed by atoms with E-state index < -0.39 is 5.82 Å². The van der Waals surface area contributed by atoms with Crippen LogP contribution in [-0.2, 0) is 0 Å². The first-order valence-electron chi connectivity index (χ1n) is 5.76. The van der Waals surface area contributed by atoms with E-state index in [-0.39, 0.29) is 17.5 Å². The summed E-state index contributed by atoms with van der Waals surface area (Å²) in [6.45, 7) is 1.97. The molecule has 1 unspecified atom stereocenters. The van der Waals surface area contributed by atoms with Crippen LogP contribution in [-0.4, -0.2) is 24.0 Å². The number of amides is 1.